The van der Waals surface area contributed by atoms with Crippen LogP contribution in [0.4, 0.5) is 5.69 Å². The summed E-state index contributed by atoms with van der Waals surface area (Å²) in [6, 6.07) is 21.3. The fourth-order valence-corrected chi connectivity index (χ4v) is 3.40. The molecule has 0 saturated heterocycles. The molecule has 0 aliphatic rings. The van der Waals surface area contributed by atoms with Crippen LogP contribution in [0.3, 0.4) is 0 Å². The molecule has 6 nitrogen and oxygen atoms in total. The molecule has 0 aliphatic heterocycles. The average Bonchev–Trinajstić information content (AvgIpc) is 3.22. The lowest BCUT2D eigenvalue weighted by atomic mass is 10.1. The first-order chi connectivity index (χ1) is 14.2. The zero-order valence-corrected chi connectivity index (χ0v) is 16.6. The number of ether oxygens (including phenoxy) is 1. The number of rotatable bonds is 7. The Hall–Kier alpha value is -3.32. The summed E-state index contributed by atoms with van der Waals surface area (Å²) < 4.78 is 11.1. The maximum Gasteiger partial charge on any atom is 0.277 e. The first-order valence-electron chi connectivity index (χ1n) is 9.19. The van der Waals surface area contributed by atoms with Crippen LogP contribution < -0.4 is 10.1 Å². The van der Waals surface area contributed by atoms with Crippen LogP contribution in [0.1, 0.15) is 6.92 Å². The smallest absolute Gasteiger partial charge is 0.277 e. The first-order valence-corrected chi connectivity index (χ1v) is 10.2. The molecule has 0 spiro atoms. The number of hydrogen-bond acceptors (Lipinski definition) is 6. The van der Waals surface area contributed by atoms with Crippen molar-refractivity contribution in [2.24, 2.45) is 0 Å². The van der Waals surface area contributed by atoms with E-state index in [2.05, 4.69) is 15.5 Å². The molecule has 7 heteroatoms. The predicted molar refractivity (Wildman–Crippen MR) is 114 cm³/mol. The van der Waals surface area contributed by atoms with Gasteiger partial charge in [0.2, 0.25) is 11.8 Å². The Morgan fingerprint density at radius 1 is 1.03 bits per heavy atom. The van der Waals surface area contributed by atoms with Gasteiger partial charge in [0.05, 0.1) is 12.4 Å². The Morgan fingerprint density at radius 3 is 2.62 bits per heavy atom. The lowest BCUT2D eigenvalue weighted by Gasteiger charge is -2.05. The van der Waals surface area contributed by atoms with Crippen molar-refractivity contribution in [2.75, 3.05) is 17.7 Å². The van der Waals surface area contributed by atoms with E-state index in [1.54, 1.807) is 0 Å². The number of hydrogen-bond donors (Lipinski definition) is 1. The van der Waals surface area contributed by atoms with E-state index in [1.807, 2.05) is 73.7 Å². The van der Waals surface area contributed by atoms with Crippen LogP contribution in [-0.2, 0) is 4.79 Å². The van der Waals surface area contributed by atoms with Gasteiger partial charge >= 0.3 is 0 Å². The minimum absolute atomic E-state index is 0.133. The minimum Gasteiger partial charge on any atom is -0.494 e. The molecule has 4 aromatic rings. The SMILES string of the molecule is CCOc1ccc(-c2nnc(SCC(=O)Nc3ccc4ccccc4c3)o2)cc1. The van der Waals surface area contributed by atoms with E-state index in [4.69, 9.17) is 9.15 Å². The lowest BCUT2D eigenvalue weighted by Crippen LogP contribution is -2.13. The molecule has 3 aromatic carbocycles. The molecule has 0 atom stereocenters. The lowest BCUT2D eigenvalue weighted by molar-refractivity contribution is -0.113. The molecular weight excluding hydrogens is 386 g/mol. The molecule has 0 unspecified atom stereocenters. The quantitative estimate of drug-likeness (QED) is 0.435. The van der Waals surface area contributed by atoms with E-state index >= 15 is 0 Å². The Labute approximate surface area is 172 Å². The normalized spacial score (nSPS) is 10.8. The van der Waals surface area contributed by atoms with Crippen LogP contribution in [0.15, 0.2) is 76.4 Å². The van der Waals surface area contributed by atoms with Gasteiger partial charge in [0.1, 0.15) is 5.75 Å². The molecule has 0 aliphatic carbocycles. The summed E-state index contributed by atoms with van der Waals surface area (Å²) in [5, 5.41) is 13.5. The number of aromatic nitrogens is 2. The molecule has 0 bridgehead atoms. The van der Waals surface area contributed by atoms with Crippen molar-refractivity contribution in [3.8, 4) is 17.2 Å². The maximum atomic E-state index is 12.3. The summed E-state index contributed by atoms with van der Waals surface area (Å²) in [7, 11) is 0. The third-order valence-electron chi connectivity index (χ3n) is 4.18. The van der Waals surface area contributed by atoms with Crippen molar-refractivity contribution in [1.82, 2.24) is 10.2 Å². The van der Waals surface area contributed by atoms with Gasteiger partial charge < -0.3 is 14.5 Å². The first kappa shape index (κ1) is 19.0. The van der Waals surface area contributed by atoms with Crippen molar-refractivity contribution >= 4 is 34.1 Å². The van der Waals surface area contributed by atoms with E-state index in [0.717, 1.165) is 27.8 Å². The predicted octanol–water partition coefficient (Wildman–Crippen LogP) is 5.02. The summed E-state index contributed by atoms with van der Waals surface area (Å²) in [6.07, 6.45) is 0. The second kappa shape index (κ2) is 8.79. The molecule has 1 heterocycles. The molecule has 0 radical (unpaired) electrons. The molecule has 4 rings (SSSR count). The number of nitrogens with one attached hydrogen (secondary N) is 1. The highest BCUT2D eigenvalue weighted by Crippen LogP contribution is 2.25. The molecule has 29 heavy (non-hydrogen) atoms. The number of anilines is 1. The summed E-state index contributed by atoms with van der Waals surface area (Å²) in [4.78, 5) is 12.3. The second-order valence-corrected chi connectivity index (χ2v) is 7.16. The molecule has 0 fully saturated rings. The van der Waals surface area contributed by atoms with E-state index < -0.39 is 0 Å². The molecule has 146 valence electrons. The number of carbonyl (C=O) groups is 1. The zero-order valence-electron chi connectivity index (χ0n) is 15.8. The molecule has 0 saturated carbocycles. The highest BCUT2D eigenvalue weighted by atomic mass is 32.2. The van der Waals surface area contributed by atoms with Gasteiger partial charge in [0.15, 0.2) is 0 Å². The summed E-state index contributed by atoms with van der Waals surface area (Å²) in [5.41, 5.74) is 1.56. The monoisotopic (exact) mass is 405 g/mol. The number of nitrogens with zero attached hydrogens (tertiary/aromatic N) is 2. The van der Waals surface area contributed by atoms with Gasteiger partial charge in [-0.05, 0) is 54.1 Å². The van der Waals surface area contributed by atoms with Crippen molar-refractivity contribution in [2.45, 2.75) is 12.1 Å². The molecule has 1 aromatic heterocycles. The van der Waals surface area contributed by atoms with E-state index in [0.29, 0.717) is 17.7 Å². The second-order valence-electron chi connectivity index (χ2n) is 6.23. The van der Waals surface area contributed by atoms with E-state index in [9.17, 15) is 4.79 Å². The topological polar surface area (TPSA) is 77.2 Å². The molecule has 1 amide bonds. The fourth-order valence-electron chi connectivity index (χ4n) is 2.84. The van der Waals surface area contributed by atoms with E-state index in [-0.39, 0.29) is 11.7 Å². The van der Waals surface area contributed by atoms with Crippen molar-refractivity contribution in [3.63, 3.8) is 0 Å². The Bertz CT molecular complexity index is 1130. The van der Waals surface area contributed by atoms with E-state index in [1.165, 1.54) is 11.8 Å². The van der Waals surface area contributed by atoms with Gasteiger partial charge in [-0.2, -0.15) is 0 Å². The van der Waals surface area contributed by atoms with Gasteiger partial charge in [-0.1, -0.05) is 42.1 Å². The highest BCUT2D eigenvalue weighted by molar-refractivity contribution is 7.99. The third kappa shape index (κ3) is 4.75. The Morgan fingerprint density at radius 2 is 1.83 bits per heavy atom. The van der Waals surface area contributed by atoms with Gasteiger partial charge in [-0.3, -0.25) is 4.79 Å². The largest absolute Gasteiger partial charge is 0.494 e. The maximum absolute atomic E-state index is 12.3. The standard InChI is InChI=1S/C22H19N3O3S/c1-2-27-19-11-8-16(9-12-19)21-24-25-22(28-21)29-14-20(26)23-18-10-7-15-5-3-4-6-17(15)13-18/h3-13H,2,14H2,1H3,(H,23,26). The number of amides is 1. The van der Waals surface area contributed by atoms with Gasteiger partial charge in [0, 0.05) is 11.3 Å². The van der Waals surface area contributed by atoms with Crippen LogP contribution in [0.2, 0.25) is 0 Å². The van der Waals surface area contributed by atoms with Crippen LogP contribution in [-0.4, -0.2) is 28.5 Å². The minimum atomic E-state index is -0.133. The molecule has 1 N–H and O–H groups in total. The number of thioether (sulfide) groups is 1. The molecular formula is C22H19N3O3S. The van der Waals surface area contributed by atoms with Crippen LogP contribution in [0.5, 0.6) is 5.75 Å². The van der Waals surface area contributed by atoms with Crippen LogP contribution >= 0.6 is 11.8 Å². The summed E-state index contributed by atoms with van der Waals surface area (Å²) in [5.74, 6) is 1.24. The Kier molecular flexibility index (Phi) is 5.76. The number of carbonyl (C=O) groups excluding carboxylic acids is 1. The van der Waals surface area contributed by atoms with Gasteiger partial charge in [-0.15, -0.1) is 10.2 Å². The van der Waals surface area contributed by atoms with Gasteiger partial charge in [-0.25, -0.2) is 0 Å². The zero-order chi connectivity index (χ0) is 20.1. The van der Waals surface area contributed by atoms with Crippen molar-refractivity contribution < 1.29 is 13.9 Å². The van der Waals surface area contributed by atoms with Gasteiger partial charge in [0.25, 0.3) is 5.22 Å². The summed E-state index contributed by atoms with van der Waals surface area (Å²) >= 11 is 1.20. The Balaban J connectivity index is 1.34. The fraction of sp³-hybridized carbons (Fsp3) is 0.136. The highest BCUT2D eigenvalue weighted by Gasteiger charge is 2.12. The summed E-state index contributed by atoms with van der Waals surface area (Å²) in [6.45, 7) is 2.55. The number of benzene rings is 3. The number of fused-ring (bicyclic) bond motifs is 1. The van der Waals surface area contributed by atoms with Crippen LogP contribution in [0, 0.1) is 0 Å². The van der Waals surface area contributed by atoms with Crippen molar-refractivity contribution in [1.29, 1.82) is 0 Å². The third-order valence-corrected chi connectivity index (χ3v) is 5.00. The van der Waals surface area contributed by atoms with Crippen LogP contribution in [0.25, 0.3) is 22.2 Å². The average molecular weight is 405 g/mol. The van der Waals surface area contributed by atoms with Crippen molar-refractivity contribution in [3.05, 3.63) is 66.7 Å².